The van der Waals surface area contributed by atoms with Gasteiger partial charge in [0.15, 0.2) is 5.96 Å². The minimum Gasteiger partial charge on any atom is -0.493 e. The first-order valence-corrected chi connectivity index (χ1v) is 10.8. The van der Waals surface area contributed by atoms with Gasteiger partial charge in [0, 0.05) is 65.1 Å². The minimum absolute atomic E-state index is 0. The maximum Gasteiger partial charge on any atom is 0.195 e. The summed E-state index contributed by atoms with van der Waals surface area (Å²) in [6.07, 6.45) is 0.864. The molecule has 2 N–H and O–H groups in total. The first-order valence-electron chi connectivity index (χ1n) is 10.8. The largest absolute Gasteiger partial charge is 0.493 e. The molecule has 1 aliphatic rings. The van der Waals surface area contributed by atoms with Crippen LogP contribution >= 0.6 is 24.0 Å². The Labute approximate surface area is 208 Å². The van der Waals surface area contributed by atoms with E-state index in [1.807, 2.05) is 24.3 Å². The molecule has 0 atom stereocenters. The third kappa shape index (κ3) is 9.32. The summed E-state index contributed by atoms with van der Waals surface area (Å²) >= 11 is 0. The van der Waals surface area contributed by atoms with Gasteiger partial charge < -0.3 is 24.8 Å². The number of rotatable bonds is 10. The van der Waals surface area contributed by atoms with Gasteiger partial charge in [-0.3, -0.25) is 9.89 Å². The highest BCUT2D eigenvalue weighted by Gasteiger charge is 2.10. The smallest absolute Gasteiger partial charge is 0.195 e. The van der Waals surface area contributed by atoms with E-state index in [9.17, 15) is 0 Å². The Morgan fingerprint density at radius 1 is 1.06 bits per heavy atom. The second-order valence-corrected chi connectivity index (χ2v) is 7.48. The fourth-order valence-electron chi connectivity index (χ4n) is 3.34. The lowest BCUT2D eigenvalue weighted by molar-refractivity contribution is 0.0342. The van der Waals surface area contributed by atoms with E-state index in [-0.39, 0.29) is 24.0 Å². The molecule has 1 heterocycles. The van der Waals surface area contributed by atoms with E-state index in [1.165, 1.54) is 11.1 Å². The molecule has 0 amide bonds. The molecular weight excluding hydrogens is 519 g/mol. The average Bonchev–Trinajstić information content (AvgIpc) is 2.81. The summed E-state index contributed by atoms with van der Waals surface area (Å²) in [5, 5.41) is 6.69. The van der Waals surface area contributed by atoms with Crippen LogP contribution < -0.4 is 15.4 Å². The molecule has 8 heteroatoms. The molecule has 1 fully saturated rings. The van der Waals surface area contributed by atoms with Crippen molar-refractivity contribution in [3.05, 3.63) is 59.7 Å². The van der Waals surface area contributed by atoms with Crippen molar-refractivity contribution in [3.63, 3.8) is 0 Å². The highest BCUT2D eigenvalue weighted by molar-refractivity contribution is 14.0. The zero-order chi connectivity index (χ0) is 21.7. The lowest BCUT2D eigenvalue weighted by atomic mass is 10.1. The second kappa shape index (κ2) is 15.0. The van der Waals surface area contributed by atoms with Crippen molar-refractivity contribution in [3.8, 4) is 5.75 Å². The van der Waals surface area contributed by atoms with E-state index < -0.39 is 0 Å². The Bertz CT molecular complexity index is 811. The van der Waals surface area contributed by atoms with Crippen LogP contribution in [0.1, 0.15) is 17.5 Å². The number of morpholine rings is 1. The SMILES string of the molecule is CN=C(NCc1ccc(CN2CCOCC2)cc1)Nc1cccc(OCCCOC)c1.I. The van der Waals surface area contributed by atoms with Crippen molar-refractivity contribution in [1.29, 1.82) is 0 Å². The summed E-state index contributed by atoms with van der Waals surface area (Å²) < 4.78 is 16.2. The number of nitrogens with one attached hydrogen (secondary N) is 2. The number of guanidine groups is 1. The Hall–Kier alpha value is -1.88. The molecule has 3 rings (SSSR count). The molecule has 176 valence electrons. The molecule has 0 unspecified atom stereocenters. The van der Waals surface area contributed by atoms with Gasteiger partial charge in [-0.1, -0.05) is 30.3 Å². The van der Waals surface area contributed by atoms with Crippen LogP contribution in [0.2, 0.25) is 0 Å². The number of nitrogens with zero attached hydrogens (tertiary/aromatic N) is 2. The maximum absolute atomic E-state index is 5.77. The number of halogens is 1. The monoisotopic (exact) mass is 554 g/mol. The van der Waals surface area contributed by atoms with Crippen molar-refractivity contribution < 1.29 is 14.2 Å². The van der Waals surface area contributed by atoms with Crippen molar-refractivity contribution >= 4 is 35.6 Å². The number of benzene rings is 2. The van der Waals surface area contributed by atoms with E-state index in [4.69, 9.17) is 14.2 Å². The van der Waals surface area contributed by atoms with Gasteiger partial charge in [-0.15, -0.1) is 24.0 Å². The van der Waals surface area contributed by atoms with E-state index in [2.05, 4.69) is 44.8 Å². The van der Waals surface area contributed by atoms with Crippen molar-refractivity contribution in [2.45, 2.75) is 19.5 Å². The molecule has 0 radical (unpaired) electrons. The third-order valence-electron chi connectivity index (χ3n) is 5.07. The van der Waals surface area contributed by atoms with Gasteiger partial charge in [-0.2, -0.15) is 0 Å². The maximum atomic E-state index is 5.77. The standard InChI is InChI=1S/C24H34N4O3.HI/c1-25-24(27-22-5-3-6-23(17-22)31-14-4-13-29-2)26-18-20-7-9-21(10-8-20)19-28-11-15-30-16-12-28;/h3,5-10,17H,4,11-16,18-19H2,1-2H3,(H2,25,26,27);1H. The average molecular weight is 554 g/mol. The molecule has 32 heavy (non-hydrogen) atoms. The fourth-order valence-corrected chi connectivity index (χ4v) is 3.34. The van der Waals surface area contributed by atoms with Crippen LogP contribution in [0.15, 0.2) is 53.5 Å². The van der Waals surface area contributed by atoms with Gasteiger partial charge in [0.25, 0.3) is 0 Å². The molecule has 0 aliphatic carbocycles. The number of hydrogen-bond acceptors (Lipinski definition) is 5. The van der Waals surface area contributed by atoms with E-state index in [1.54, 1.807) is 14.2 Å². The highest BCUT2D eigenvalue weighted by Crippen LogP contribution is 2.17. The normalized spacial score (nSPS) is 14.5. The van der Waals surface area contributed by atoms with Gasteiger partial charge in [-0.25, -0.2) is 0 Å². The lowest BCUT2D eigenvalue weighted by Crippen LogP contribution is -2.35. The second-order valence-electron chi connectivity index (χ2n) is 7.48. The van der Waals surface area contributed by atoms with Gasteiger partial charge in [0.1, 0.15) is 5.75 Å². The van der Waals surface area contributed by atoms with Crippen molar-refractivity contribution in [2.75, 3.05) is 59.0 Å². The molecule has 7 nitrogen and oxygen atoms in total. The summed E-state index contributed by atoms with van der Waals surface area (Å²) in [5.41, 5.74) is 3.47. The fraction of sp³-hybridized carbons (Fsp3) is 0.458. The Kier molecular flexibility index (Phi) is 12.4. The Morgan fingerprint density at radius 2 is 1.81 bits per heavy atom. The Morgan fingerprint density at radius 3 is 2.53 bits per heavy atom. The molecule has 2 aromatic rings. The molecule has 0 aromatic heterocycles. The molecular formula is C24H35IN4O3. The first-order chi connectivity index (χ1) is 15.3. The van der Waals surface area contributed by atoms with E-state index in [0.29, 0.717) is 25.7 Å². The summed E-state index contributed by atoms with van der Waals surface area (Å²) in [6.45, 7) is 6.67. The summed E-state index contributed by atoms with van der Waals surface area (Å²) in [7, 11) is 3.47. The number of methoxy groups -OCH3 is 1. The predicted octanol–water partition coefficient (Wildman–Crippen LogP) is 3.74. The van der Waals surface area contributed by atoms with Crippen LogP contribution in [0.4, 0.5) is 5.69 Å². The quantitative estimate of drug-likeness (QED) is 0.202. The van der Waals surface area contributed by atoms with Gasteiger partial charge in [-0.05, 0) is 23.3 Å². The molecule has 0 bridgehead atoms. The number of hydrogen-bond donors (Lipinski definition) is 2. The first kappa shape index (κ1) is 26.4. The number of aliphatic imine (C=N–C) groups is 1. The van der Waals surface area contributed by atoms with Gasteiger partial charge in [0.05, 0.1) is 19.8 Å². The molecule has 1 aliphatic heterocycles. The molecule has 1 saturated heterocycles. The number of anilines is 1. The van der Waals surface area contributed by atoms with Crippen molar-refractivity contribution in [2.24, 2.45) is 4.99 Å². The zero-order valence-electron chi connectivity index (χ0n) is 19.0. The summed E-state index contributed by atoms with van der Waals surface area (Å²) in [6, 6.07) is 16.6. The zero-order valence-corrected chi connectivity index (χ0v) is 21.3. The van der Waals surface area contributed by atoms with Crippen LogP contribution in [0.5, 0.6) is 5.75 Å². The van der Waals surface area contributed by atoms with Crippen LogP contribution in [0, 0.1) is 0 Å². The van der Waals surface area contributed by atoms with Crippen LogP contribution in [0.25, 0.3) is 0 Å². The molecule has 2 aromatic carbocycles. The topological polar surface area (TPSA) is 67.4 Å². The third-order valence-corrected chi connectivity index (χ3v) is 5.07. The molecule has 0 spiro atoms. The van der Waals surface area contributed by atoms with Crippen molar-refractivity contribution in [1.82, 2.24) is 10.2 Å². The highest BCUT2D eigenvalue weighted by atomic mass is 127. The summed E-state index contributed by atoms with van der Waals surface area (Å²) in [5.74, 6) is 1.54. The van der Waals surface area contributed by atoms with Crippen LogP contribution in [0.3, 0.4) is 0 Å². The predicted molar refractivity (Wildman–Crippen MR) is 140 cm³/mol. The minimum atomic E-state index is 0. The van der Waals surface area contributed by atoms with Crippen LogP contribution in [-0.4, -0.2) is 64.5 Å². The van der Waals surface area contributed by atoms with E-state index >= 15 is 0 Å². The van der Waals surface area contributed by atoms with Crippen LogP contribution in [-0.2, 0) is 22.6 Å². The van der Waals surface area contributed by atoms with E-state index in [0.717, 1.165) is 50.7 Å². The number of ether oxygens (including phenoxy) is 3. The lowest BCUT2D eigenvalue weighted by Gasteiger charge is -2.26. The molecule has 0 saturated carbocycles. The van der Waals surface area contributed by atoms with Gasteiger partial charge >= 0.3 is 0 Å². The Balaban J connectivity index is 0.00000363. The summed E-state index contributed by atoms with van der Waals surface area (Å²) in [4.78, 5) is 6.76. The van der Waals surface area contributed by atoms with Gasteiger partial charge in [0.2, 0.25) is 0 Å².